The Bertz CT molecular complexity index is 691. The van der Waals surface area contributed by atoms with Crippen LogP contribution in [0.3, 0.4) is 0 Å². The molecule has 2 aromatic carbocycles. The lowest BCUT2D eigenvalue weighted by molar-refractivity contribution is 0.0990. The Morgan fingerprint density at radius 1 is 1.10 bits per heavy atom. The lowest BCUT2D eigenvalue weighted by Crippen LogP contribution is -2.04. The molecule has 0 unspecified atom stereocenters. The Morgan fingerprint density at radius 2 is 1.85 bits per heavy atom. The summed E-state index contributed by atoms with van der Waals surface area (Å²) in [5.41, 5.74) is 9.63. The van der Waals surface area contributed by atoms with Crippen LogP contribution >= 0.6 is 11.8 Å². The van der Waals surface area contributed by atoms with Crippen molar-refractivity contribution in [2.45, 2.75) is 36.0 Å². The molecule has 0 aromatic heterocycles. The summed E-state index contributed by atoms with van der Waals surface area (Å²) in [6.07, 6.45) is 0.432. The minimum Gasteiger partial charge on any atom is -0.399 e. The van der Waals surface area contributed by atoms with Crippen LogP contribution in [0.2, 0.25) is 0 Å². The van der Waals surface area contributed by atoms with E-state index in [0.29, 0.717) is 18.0 Å². The summed E-state index contributed by atoms with van der Waals surface area (Å²) in [6, 6.07) is 12.0. The first kappa shape index (κ1) is 13.3. The SMILES string of the molecule is CC(C)c1ccc2c(c1)C(=O)Cc1cc(N)ccc1S2. The van der Waals surface area contributed by atoms with Crippen molar-refractivity contribution in [2.24, 2.45) is 0 Å². The zero-order valence-electron chi connectivity index (χ0n) is 11.6. The van der Waals surface area contributed by atoms with Gasteiger partial charge in [0.1, 0.15) is 0 Å². The number of ketones is 1. The number of hydrogen-bond acceptors (Lipinski definition) is 3. The summed E-state index contributed by atoms with van der Waals surface area (Å²) in [4.78, 5) is 14.7. The van der Waals surface area contributed by atoms with Crippen molar-refractivity contribution in [1.82, 2.24) is 0 Å². The summed E-state index contributed by atoms with van der Waals surface area (Å²) >= 11 is 1.66. The van der Waals surface area contributed by atoms with E-state index in [0.717, 1.165) is 20.9 Å². The number of fused-ring (bicyclic) bond motifs is 2. The van der Waals surface area contributed by atoms with Crippen LogP contribution in [-0.2, 0) is 6.42 Å². The van der Waals surface area contributed by atoms with Gasteiger partial charge in [-0.25, -0.2) is 0 Å². The zero-order chi connectivity index (χ0) is 14.3. The van der Waals surface area contributed by atoms with Gasteiger partial charge in [0.15, 0.2) is 5.78 Å². The van der Waals surface area contributed by atoms with Crippen LogP contribution in [0.5, 0.6) is 0 Å². The predicted octanol–water partition coefficient (Wildman–Crippen LogP) is 4.28. The number of hydrogen-bond donors (Lipinski definition) is 1. The largest absolute Gasteiger partial charge is 0.399 e. The van der Waals surface area contributed by atoms with Crippen LogP contribution < -0.4 is 5.73 Å². The fourth-order valence-corrected chi connectivity index (χ4v) is 3.49. The van der Waals surface area contributed by atoms with E-state index >= 15 is 0 Å². The summed E-state index contributed by atoms with van der Waals surface area (Å²) in [5, 5.41) is 0. The van der Waals surface area contributed by atoms with Crippen molar-refractivity contribution in [3.63, 3.8) is 0 Å². The van der Waals surface area contributed by atoms with Crippen LogP contribution in [0.15, 0.2) is 46.2 Å². The Morgan fingerprint density at radius 3 is 2.60 bits per heavy atom. The van der Waals surface area contributed by atoms with Crippen LogP contribution in [0.4, 0.5) is 5.69 Å². The Hall–Kier alpha value is -1.74. The van der Waals surface area contributed by atoms with E-state index in [1.54, 1.807) is 11.8 Å². The Balaban J connectivity index is 2.10. The Labute approximate surface area is 123 Å². The number of rotatable bonds is 1. The quantitative estimate of drug-likeness (QED) is 0.794. The zero-order valence-corrected chi connectivity index (χ0v) is 12.5. The lowest BCUT2D eigenvalue weighted by atomic mass is 9.97. The summed E-state index contributed by atoms with van der Waals surface area (Å²) < 4.78 is 0. The minimum absolute atomic E-state index is 0.180. The standard InChI is InChI=1S/C17H17NOS/c1-10(2)11-3-5-17-14(8-11)15(19)9-12-7-13(18)4-6-16(12)20-17/h3-8,10H,9,18H2,1-2H3. The first-order chi connectivity index (χ1) is 9.54. The van der Waals surface area contributed by atoms with Gasteiger partial charge in [0, 0.05) is 27.5 Å². The van der Waals surface area contributed by atoms with Gasteiger partial charge < -0.3 is 5.73 Å². The molecule has 0 radical (unpaired) electrons. The molecule has 0 spiro atoms. The molecular formula is C17H17NOS. The minimum atomic E-state index is 0.180. The highest BCUT2D eigenvalue weighted by atomic mass is 32.2. The number of Topliss-reactive ketones (excluding diaryl/α,β-unsaturated/α-hetero) is 1. The molecule has 2 nitrogen and oxygen atoms in total. The molecule has 2 aromatic rings. The van der Waals surface area contributed by atoms with Gasteiger partial charge in [-0.2, -0.15) is 0 Å². The first-order valence-electron chi connectivity index (χ1n) is 6.78. The van der Waals surface area contributed by atoms with Crippen LogP contribution in [0, 0.1) is 0 Å². The van der Waals surface area contributed by atoms with Gasteiger partial charge in [-0.3, -0.25) is 4.79 Å². The van der Waals surface area contributed by atoms with Crippen molar-refractivity contribution in [1.29, 1.82) is 0 Å². The third-order valence-electron chi connectivity index (χ3n) is 3.63. The molecule has 0 fully saturated rings. The summed E-state index contributed by atoms with van der Waals surface area (Å²) in [6.45, 7) is 4.29. The third-order valence-corrected chi connectivity index (χ3v) is 4.82. The van der Waals surface area contributed by atoms with Crippen molar-refractivity contribution in [3.05, 3.63) is 53.1 Å². The van der Waals surface area contributed by atoms with E-state index in [1.807, 2.05) is 24.3 Å². The number of carbonyl (C=O) groups is 1. The smallest absolute Gasteiger partial charge is 0.168 e. The average molecular weight is 283 g/mol. The van der Waals surface area contributed by atoms with Crippen LogP contribution in [-0.4, -0.2) is 5.78 Å². The van der Waals surface area contributed by atoms with E-state index in [1.165, 1.54) is 5.56 Å². The molecule has 0 amide bonds. The topological polar surface area (TPSA) is 43.1 Å². The van der Waals surface area contributed by atoms with Gasteiger partial charge in [-0.05, 0) is 47.4 Å². The number of benzene rings is 2. The van der Waals surface area contributed by atoms with Crippen molar-refractivity contribution in [2.75, 3.05) is 5.73 Å². The molecule has 0 saturated carbocycles. The maximum absolute atomic E-state index is 12.5. The van der Waals surface area contributed by atoms with E-state index in [4.69, 9.17) is 5.73 Å². The normalized spacial score (nSPS) is 13.8. The van der Waals surface area contributed by atoms with Crippen LogP contribution in [0.25, 0.3) is 0 Å². The number of nitrogen functional groups attached to an aromatic ring is 1. The van der Waals surface area contributed by atoms with E-state index in [9.17, 15) is 4.79 Å². The molecule has 0 atom stereocenters. The number of anilines is 1. The lowest BCUT2D eigenvalue weighted by Gasteiger charge is -2.10. The second-order valence-electron chi connectivity index (χ2n) is 5.48. The fraction of sp³-hybridized carbons (Fsp3) is 0.235. The monoisotopic (exact) mass is 283 g/mol. The molecular weight excluding hydrogens is 266 g/mol. The van der Waals surface area contributed by atoms with Crippen molar-refractivity contribution >= 4 is 23.2 Å². The third kappa shape index (κ3) is 2.34. The van der Waals surface area contributed by atoms with Gasteiger partial charge in [-0.15, -0.1) is 0 Å². The molecule has 1 heterocycles. The second kappa shape index (κ2) is 4.98. The predicted molar refractivity (Wildman–Crippen MR) is 83.5 cm³/mol. The van der Waals surface area contributed by atoms with Crippen molar-refractivity contribution in [3.8, 4) is 0 Å². The van der Waals surface area contributed by atoms with Gasteiger partial charge >= 0.3 is 0 Å². The van der Waals surface area contributed by atoms with Gasteiger partial charge in [0.25, 0.3) is 0 Å². The average Bonchev–Trinajstić information content (AvgIpc) is 2.54. The molecule has 102 valence electrons. The van der Waals surface area contributed by atoms with E-state index < -0.39 is 0 Å². The van der Waals surface area contributed by atoms with E-state index in [2.05, 4.69) is 26.0 Å². The Kier molecular flexibility index (Phi) is 3.30. The molecule has 0 saturated heterocycles. The number of nitrogens with two attached hydrogens (primary N) is 1. The molecule has 0 bridgehead atoms. The van der Waals surface area contributed by atoms with Gasteiger partial charge in [0.2, 0.25) is 0 Å². The molecule has 1 aliphatic heterocycles. The first-order valence-corrected chi connectivity index (χ1v) is 7.59. The molecule has 0 aliphatic carbocycles. The summed E-state index contributed by atoms with van der Waals surface area (Å²) in [5.74, 6) is 0.610. The highest BCUT2D eigenvalue weighted by Crippen LogP contribution is 2.38. The molecule has 1 aliphatic rings. The molecule has 2 N–H and O–H groups in total. The van der Waals surface area contributed by atoms with Gasteiger partial charge in [-0.1, -0.05) is 31.7 Å². The van der Waals surface area contributed by atoms with Gasteiger partial charge in [0.05, 0.1) is 0 Å². The summed E-state index contributed by atoms with van der Waals surface area (Å²) in [7, 11) is 0. The molecule has 3 heteroatoms. The van der Waals surface area contributed by atoms with E-state index in [-0.39, 0.29) is 5.78 Å². The highest BCUT2D eigenvalue weighted by Gasteiger charge is 2.21. The maximum Gasteiger partial charge on any atom is 0.168 e. The highest BCUT2D eigenvalue weighted by molar-refractivity contribution is 7.99. The molecule has 3 rings (SSSR count). The van der Waals surface area contributed by atoms with Crippen LogP contribution in [0.1, 0.15) is 41.3 Å². The number of carbonyl (C=O) groups excluding carboxylic acids is 1. The maximum atomic E-state index is 12.5. The van der Waals surface area contributed by atoms with Crippen molar-refractivity contribution < 1.29 is 4.79 Å². The molecule has 20 heavy (non-hydrogen) atoms. The fourth-order valence-electron chi connectivity index (χ4n) is 2.44. The second-order valence-corrected chi connectivity index (χ2v) is 6.56.